The van der Waals surface area contributed by atoms with Crippen LogP contribution in [-0.4, -0.2) is 12.6 Å². The summed E-state index contributed by atoms with van der Waals surface area (Å²) in [4.78, 5) is 12.4. The van der Waals surface area contributed by atoms with Crippen LogP contribution in [0.5, 0.6) is 0 Å². The van der Waals surface area contributed by atoms with Gasteiger partial charge in [-0.15, -0.1) is 0 Å². The summed E-state index contributed by atoms with van der Waals surface area (Å²) in [6, 6.07) is 0. The van der Waals surface area contributed by atoms with Crippen LogP contribution in [0.2, 0.25) is 0 Å². The molecule has 2 saturated carbocycles. The Labute approximate surface area is 117 Å². The Hall–Kier alpha value is -0.790. The van der Waals surface area contributed by atoms with Crippen LogP contribution >= 0.6 is 0 Å². The number of hydrogen-bond donors (Lipinski definition) is 0. The Morgan fingerprint density at radius 3 is 2.68 bits per heavy atom. The molecule has 3 atom stereocenters. The second kappa shape index (κ2) is 4.96. The normalized spacial score (nSPS) is 37.6. The quantitative estimate of drug-likeness (QED) is 0.547. The van der Waals surface area contributed by atoms with Gasteiger partial charge in [0.05, 0.1) is 12.5 Å². The first-order valence-electron chi connectivity index (χ1n) is 7.67. The van der Waals surface area contributed by atoms with E-state index in [4.69, 9.17) is 4.74 Å². The monoisotopic (exact) mass is 264 g/mol. The second-order valence-electron chi connectivity index (χ2n) is 7.28. The van der Waals surface area contributed by atoms with Gasteiger partial charge in [0.15, 0.2) is 0 Å². The van der Waals surface area contributed by atoms with Gasteiger partial charge >= 0.3 is 5.97 Å². The van der Waals surface area contributed by atoms with E-state index in [2.05, 4.69) is 27.4 Å². The molecular weight excluding hydrogens is 236 g/mol. The van der Waals surface area contributed by atoms with Crippen LogP contribution < -0.4 is 0 Å². The fourth-order valence-electron chi connectivity index (χ4n) is 4.83. The standard InChI is InChI=1S/C17H28O2/c1-6-19-15(18)14-12(2)8-9-13-16(3,4)10-7-11-17(13,14)5/h13-14H,2,6-11H2,1,3-5H3. The van der Waals surface area contributed by atoms with E-state index >= 15 is 0 Å². The molecule has 0 spiro atoms. The van der Waals surface area contributed by atoms with Crippen molar-refractivity contribution in [1.29, 1.82) is 0 Å². The van der Waals surface area contributed by atoms with Gasteiger partial charge in [-0.3, -0.25) is 4.79 Å². The topological polar surface area (TPSA) is 26.3 Å². The molecule has 0 bridgehead atoms. The summed E-state index contributed by atoms with van der Waals surface area (Å²) in [6.45, 7) is 13.6. The lowest BCUT2D eigenvalue weighted by molar-refractivity contribution is -0.158. The molecule has 2 rings (SSSR count). The summed E-state index contributed by atoms with van der Waals surface area (Å²) in [5, 5.41) is 0. The maximum Gasteiger partial charge on any atom is 0.313 e. The summed E-state index contributed by atoms with van der Waals surface area (Å²) in [6.07, 6.45) is 5.77. The number of carbonyl (C=O) groups is 1. The highest BCUT2D eigenvalue weighted by atomic mass is 16.5. The van der Waals surface area contributed by atoms with Crippen molar-refractivity contribution in [1.82, 2.24) is 0 Å². The van der Waals surface area contributed by atoms with E-state index in [0.717, 1.165) is 18.4 Å². The molecule has 0 heterocycles. The minimum Gasteiger partial charge on any atom is -0.466 e. The van der Waals surface area contributed by atoms with Gasteiger partial charge in [0.25, 0.3) is 0 Å². The lowest BCUT2D eigenvalue weighted by Crippen LogP contribution is -2.52. The van der Waals surface area contributed by atoms with E-state index < -0.39 is 0 Å². The molecule has 0 N–H and O–H groups in total. The molecule has 0 saturated heterocycles. The minimum atomic E-state index is -0.0919. The third kappa shape index (κ3) is 2.34. The highest BCUT2D eigenvalue weighted by Gasteiger charge is 2.55. The Bertz CT molecular complexity index is 383. The first-order chi connectivity index (χ1) is 8.83. The molecule has 0 aromatic heterocycles. The van der Waals surface area contributed by atoms with Gasteiger partial charge in [0, 0.05) is 0 Å². The van der Waals surface area contributed by atoms with Crippen LogP contribution in [-0.2, 0) is 9.53 Å². The van der Waals surface area contributed by atoms with Crippen molar-refractivity contribution in [3.05, 3.63) is 12.2 Å². The summed E-state index contributed by atoms with van der Waals surface area (Å²) in [5.41, 5.74) is 1.47. The molecule has 2 heteroatoms. The zero-order valence-corrected chi connectivity index (χ0v) is 12.9. The molecule has 2 fully saturated rings. The number of carbonyl (C=O) groups excluding carboxylic acids is 1. The van der Waals surface area contributed by atoms with E-state index in [0.29, 0.717) is 17.9 Å². The highest BCUT2D eigenvalue weighted by molar-refractivity contribution is 5.77. The maximum atomic E-state index is 12.4. The zero-order valence-electron chi connectivity index (χ0n) is 12.9. The fourth-order valence-corrected chi connectivity index (χ4v) is 4.83. The van der Waals surface area contributed by atoms with Crippen molar-refractivity contribution >= 4 is 5.97 Å². The third-order valence-electron chi connectivity index (χ3n) is 5.62. The number of fused-ring (bicyclic) bond motifs is 1. The summed E-state index contributed by atoms with van der Waals surface area (Å²) in [5.74, 6) is 0.469. The largest absolute Gasteiger partial charge is 0.466 e. The van der Waals surface area contributed by atoms with E-state index in [1.807, 2.05) is 6.92 Å². The molecule has 2 aliphatic carbocycles. The number of ether oxygens (including phenoxy) is 1. The number of rotatable bonds is 2. The number of hydrogen-bond acceptors (Lipinski definition) is 2. The average molecular weight is 264 g/mol. The number of esters is 1. The first-order valence-corrected chi connectivity index (χ1v) is 7.67. The van der Waals surface area contributed by atoms with E-state index in [1.54, 1.807) is 0 Å². The lowest BCUT2D eigenvalue weighted by atomic mass is 9.47. The van der Waals surface area contributed by atoms with E-state index in [-0.39, 0.29) is 17.3 Å². The van der Waals surface area contributed by atoms with Gasteiger partial charge in [-0.2, -0.15) is 0 Å². The van der Waals surface area contributed by atoms with Crippen LogP contribution in [0.3, 0.4) is 0 Å². The molecule has 108 valence electrons. The Morgan fingerprint density at radius 2 is 2.05 bits per heavy atom. The Balaban J connectivity index is 2.35. The second-order valence-corrected chi connectivity index (χ2v) is 7.28. The SMILES string of the molecule is C=C1CCC2C(C)(C)CCCC2(C)C1C(=O)OCC. The predicted molar refractivity (Wildman–Crippen MR) is 77.7 cm³/mol. The molecule has 2 nitrogen and oxygen atoms in total. The molecular formula is C17H28O2. The van der Waals surface area contributed by atoms with Crippen molar-refractivity contribution in [2.75, 3.05) is 6.61 Å². The molecule has 0 aromatic carbocycles. The molecule has 2 aliphatic rings. The molecule has 0 aliphatic heterocycles. The third-order valence-corrected chi connectivity index (χ3v) is 5.62. The molecule has 19 heavy (non-hydrogen) atoms. The zero-order chi connectivity index (χ0) is 14.3. The van der Waals surface area contributed by atoms with Crippen molar-refractivity contribution in [2.24, 2.45) is 22.7 Å². The summed E-state index contributed by atoms with van der Waals surface area (Å²) in [7, 11) is 0. The van der Waals surface area contributed by atoms with Crippen molar-refractivity contribution in [3.8, 4) is 0 Å². The first kappa shape index (κ1) is 14.6. The average Bonchev–Trinajstić information content (AvgIpc) is 2.27. The van der Waals surface area contributed by atoms with Crippen LogP contribution in [0.15, 0.2) is 12.2 Å². The van der Waals surface area contributed by atoms with E-state index in [9.17, 15) is 4.79 Å². The Kier molecular flexibility index (Phi) is 3.81. The van der Waals surface area contributed by atoms with Crippen molar-refractivity contribution in [3.63, 3.8) is 0 Å². The summed E-state index contributed by atoms with van der Waals surface area (Å²) < 4.78 is 5.33. The van der Waals surface area contributed by atoms with Gasteiger partial charge in [0.2, 0.25) is 0 Å². The maximum absolute atomic E-state index is 12.4. The fraction of sp³-hybridized carbons (Fsp3) is 0.824. The van der Waals surface area contributed by atoms with Crippen LogP contribution in [0.1, 0.15) is 59.8 Å². The van der Waals surface area contributed by atoms with Crippen LogP contribution in [0.4, 0.5) is 0 Å². The van der Waals surface area contributed by atoms with Gasteiger partial charge in [-0.1, -0.05) is 39.3 Å². The highest BCUT2D eigenvalue weighted by Crippen LogP contribution is 2.60. The van der Waals surface area contributed by atoms with E-state index in [1.165, 1.54) is 19.3 Å². The molecule has 0 aromatic rings. The van der Waals surface area contributed by atoms with Gasteiger partial charge in [-0.25, -0.2) is 0 Å². The van der Waals surface area contributed by atoms with Crippen molar-refractivity contribution < 1.29 is 9.53 Å². The van der Waals surface area contributed by atoms with Gasteiger partial charge in [-0.05, 0) is 49.4 Å². The van der Waals surface area contributed by atoms with Crippen LogP contribution in [0.25, 0.3) is 0 Å². The van der Waals surface area contributed by atoms with Gasteiger partial charge in [0.1, 0.15) is 0 Å². The van der Waals surface area contributed by atoms with Gasteiger partial charge < -0.3 is 4.74 Å². The Morgan fingerprint density at radius 1 is 1.37 bits per heavy atom. The lowest BCUT2D eigenvalue weighted by Gasteiger charge is -2.56. The molecule has 3 unspecified atom stereocenters. The van der Waals surface area contributed by atoms with Crippen LogP contribution in [0, 0.1) is 22.7 Å². The summed E-state index contributed by atoms with van der Waals surface area (Å²) >= 11 is 0. The molecule has 0 radical (unpaired) electrons. The van der Waals surface area contributed by atoms with Crippen molar-refractivity contribution in [2.45, 2.75) is 59.8 Å². The minimum absolute atomic E-state index is 0.0441. The predicted octanol–water partition coefficient (Wildman–Crippen LogP) is 4.35. The smallest absolute Gasteiger partial charge is 0.313 e. The molecule has 0 amide bonds.